The Morgan fingerprint density at radius 3 is 2.88 bits per heavy atom. The number of nitrogens with one attached hydrogen (secondary N) is 1. The molecular weight excluding hydrogens is 320 g/mol. The number of anilines is 1. The number of aromatic nitrogens is 4. The van der Waals surface area contributed by atoms with Gasteiger partial charge >= 0.3 is 0 Å². The van der Waals surface area contributed by atoms with Crippen LogP contribution in [-0.2, 0) is 6.54 Å². The lowest BCUT2D eigenvalue weighted by Gasteiger charge is -2.25. The molecule has 0 unspecified atom stereocenters. The Bertz CT molecular complexity index is 817. The molecule has 126 valence electrons. The van der Waals surface area contributed by atoms with Crippen LogP contribution in [0.2, 0.25) is 0 Å². The van der Waals surface area contributed by atoms with E-state index < -0.39 is 0 Å². The third kappa shape index (κ3) is 2.89. The van der Waals surface area contributed by atoms with Gasteiger partial charge in [0.05, 0.1) is 5.39 Å². The fourth-order valence-corrected chi connectivity index (χ4v) is 4.07. The van der Waals surface area contributed by atoms with Crippen molar-refractivity contribution in [2.24, 2.45) is 11.7 Å². The van der Waals surface area contributed by atoms with Gasteiger partial charge in [0.2, 0.25) is 5.95 Å². The average Bonchev–Trinajstić information content (AvgIpc) is 3.25. The second-order valence-electron chi connectivity index (χ2n) is 6.50. The van der Waals surface area contributed by atoms with Crippen molar-refractivity contribution in [3.8, 4) is 11.3 Å². The summed E-state index contributed by atoms with van der Waals surface area (Å²) in [6.45, 7) is 0.896. The van der Waals surface area contributed by atoms with Crippen molar-refractivity contribution < 1.29 is 0 Å². The lowest BCUT2D eigenvalue weighted by molar-refractivity contribution is 0.288. The average molecular weight is 342 g/mol. The molecule has 3 aromatic rings. The number of fused-ring (bicyclic) bond motifs is 1. The first-order chi connectivity index (χ1) is 11.7. The first-order valence-corrected chi connectivity index (χ1v) is 9.38. The molecule has 0 aromatic carbocycles. The molecule has 0 spiro atoms. The monoisotopic (exact) mass is 342 g/mol. The minimum absolute atomic E-state index is 0.371. The molecule has 0 radical (unpaired) electrons. The van der Waals surface area contributed by atoms with E-state index >= 15 is 0 Å². The van der Waals surface area contributed by atoms with E-state index in [0.717, 1.165) is 41.7 Å². The summed E-state index contributed by atoms with van der Waals surface area (Å²) < 4.78 is 2.06. The minimum atomic E-state index is 0.371. The topological polar surface area (TPSA) is 81.7 Å². The maximum atomic E-state index is 6.04. The number of hydrogen-bond acceptors (Lipinski definition) is 6. The fraction of sp³-hybridized carbons (Fsp3) is 0.471. The first kappa shape index (κ1) is 15.5. The molecule has 1 saturated carbocycles. The normalized spacial score (nSPS) is 21.2. The van der Waals surface area contributed by atoms with Crippen LogP contribution >= 0.6 is 11.3 Å². The van der Waals surface area contributed by atoms with Gasteiger partial charge < -0.3 is 11.1 Å². The summed E-state index contributed by atoms with van der Waals surface area (Å²) in [6, 6.07) is 2.47. The van der Waals surface area contributed by atoms with Crippen molar-refractivity contribution in [3.63, 3.8) is 0 Å². The van der Waals surface area contributed by atoms with Gasteiger partial charge in [-0.25, -0.2) is 9.67 Å². The Labute approximate surface area is 145 Å². The molecule has 3 aromatic heterocycles. The van der Waals surface area contributed by atoms with Gasteiger partial charge in [-0.15, -0.1) is 0 Å². The molecule has 6 nitrogen and oxygen atoms in total. The highest BCUT2D eigenvalue weighted by atomic mass is 32.1. The van der Waals surface area contributed by atoms with E-state index in [1.54, 1.807) is 11.3 Å². The van der Waals surface area contributed by atoms with Crippen molar-refractivity contribution in [1.29, 1.82) is 0 Å². The molecule has 1 aliphatic carbocycles. The smallest absolute Gasteiger partial charge is 0.224 e. The fourth-order valence-electron chi connectivity index (χ4n) is 3.43. The van der Waals surface area contributed by atoms with Crippen molar-refractivity contribution in [2.45, 2.75) is 38.3 Å². The Kier molecular flexibility index (Phi) is 4.20. The predicted octanol–water partition coefficient (Wildman–Crippen LogP) is 3.11. The summed E-state index contributed by atoms with van der Waals surface area (Å²) in [5, 5.41) is 13.1. The van der Waals surface area contributed by atoms with Gasteiger partial charge in [0.15, 0.2) is 5.65 Å². The maximum Gasteiger partial charge on any atom is 0.224 e. The van der Waals surface area contributed by atoms with Crippen LogP contribution in [0.3, 0.4) is 0 Å². The molecule has 0 saturated heterocycles. The van der Waals surface area contributed by atoms with E-state index in [-0.39, 0.29) is 0 Å². The van der Waals surface area contributed by atoms with Crippen molar-refractivity contribution >= 4 is 28.3 Å². The summed E-state index contributed by atoms with van der Waals surface area (Å²) in [6.07, 6.45) is 6.43. The first-order valence-electron chi connectivity index (χ1n) is 8.44. The van der Waals surface area contributed by atoms with Gasteiger partial charge in [0, 0.05) is 36.8 Å². The van der Waals surface area contributed by atoms with E-state index in [1.165, 1.54) is 12.8 Å². The van der Waals surface area contributed by atoms with Crippen LogP contribution in [0.15, 0.2) is 23.0 Å². The van der Waals surface area contributed by atoms with Gasteiger partial charge in [-0.3, -0.25) is 0 Å². The molecule has 0 aliphatic heterocycles. The van der Waals surface area contributed by atoms with Crippen LogP contribution in [0.25, 0.3) is 22.3 Å². The molecule has 3 N–H and O–H groups in total. The largest absolute Gasteiger partial charge is 0.357 e. The van der Waals surface area contributed by atoms with E-state index in [4.69, 9.17) is 10.8 Å². The third-order valence-corrected chi connectivity index (χ3v) is 5.51. The van der Waals surface area contributed by atoms with Crippen LogP contribution in [0.4, 0.5) is 5.95 Å². The molecule has 3 heterocycles. The molecule has 1 aliphatic rings. The van der Waals surface area contributed by atoms with Crippen LogP contribution in [0.1, 0.15) is 25.7 Å². The third-order valence-electron chi connectivity index (χ3n) is 4.83. The number of hydrogen-bond donors (Lipinski definition) is 2. The van der Waals surface area contributed by atoms with Crippen LogP contribution in [0.5, 0.6) is 0 Å². The molecule has 4 rings (SSSR count). The van der Waals surface area contributed by atoms with Crippen LogP contribution in [-0.4, -0.2) is 32.8 Å². The van der Waals surface area contributed by atoms with Crippen molar-refractivity contribution in [1.82, 2.24) is 19.7 Å². The zero-order valence-corrected chi connectivity index (χ0v) is 14.6. The van der Waals surface area contributed by atoms with Gasteiger partial charge in [0.1, 0.15) is 5.69 Å². The van der Waals surface area contributed by atoms with E-state index in [1.807, 2.05) is 13.2 Å². The maximum absolute atomic E-state index is 6.04. The Hall–Kier alpha value is -1.99. The minimum Gasteiger partial charge on any atom is -0.357 e. The number of thiophene rings is 1. The van der Waals surface area contributed by atoms with Gasteiger partial charge in [-0.2, -0.15) is 21.4 Å². The van der Waals surface area contributed by atoms with Crippen molar-refractivity contribution in [2.75, 3.05) is 12.4 Å². The highest BCUT2D eigenvalue weighted by molar-refractivity contribution is 7.08. The molecular formula is C17H22N6S. The zero-order chi connectivity index (χ0) is 16.5. The highest BCUT2D eigenvalue weighted by Gasteiger charge is 2.22. The SMILES string of the molecule is CNc1ncc2c(-c3ccsc3)nn(CC3CCC(N)CC3)c2n1. The molecule has 1 fully saturated rings. The van der Waals surface area contributed by atoms with E-state index in [9.17, 15) is 0 Å². The molecule has 0 amide bonds. The standard InChI is InChI=1S/C17H22N6S/c1-19-17-20-8-14-15(12-6-7-24-10-12)22-23(16(14)21-17)9-11-2-4-13(18)5-3-11/h6-8,10-11,13H,2-5,9,18H2,1H3,(H,19,20,21). The summed E-state index contributed by atoms with van der Waals surface area (Å²) in [4.78, 5) is 9.04. The molecule has 0 atom stereocenters. The van der Waals surface area contributed by atoms with Gasteiger partial charge in [-0.05, 0) is 43.0 Å². The molecule has 0 bridgehead atoms. The second kappa shape index (κ2) is 6.49. The summed E-state index contributed by atoms with van der Waals surface area (Å²) >= 11 is 1.68. The highest BCUT2D eigenvalue weighted by Crippen LogP contribution is 2.31. The Morgan fingerprint density at radius 1 is 1.33 bits per heavy atom. The summed E-state index contributed by atoms with van der Waals surface area (Å²) in [5.74, 6) is 1.25. The summed E-state index contributed by atoms with van der Waals surface area (Å²) in [7, 11) is 1.84. The zero-order valence-electron chi connectivity index (χ0n) is 13.8. The number of rotatable bonds is 4. The predicted molar refractivity (Wildman–Crippen MR) is 98.1 cm³/mol. The van der Waals surface area contributed by atoms with Gasteiger partial charge in [-0.1, -0.05) is 0 Å². The summed E-state index contributed by atoms with van der Waals surface area (Å²) in [5.41, 5.74) is 9.05. The second-order valence-corrected chi connectivity index (χ2v) is 7.28. The van der Waals surface area contributed by atoms with Crippen LogP contribution in [0, 0.1) is 5.92 Å². The van der Waals surface area contributed by atoms with E-state index in [0.29, 0.717) is 17.9 Å². The van der Waals surface area contributed by atoms with Crippen molar-refractivity contribution in [3.05, 3.63) is 23.0 Å². The number of nitrogens with zero attached hydrogens (tertiary/aromatic N) is 4. The van der Waals surface area contributed by atoms with E-state index in [2.05, 4.69) is 36.8 Å². The number of nitrogens with two attached hydrogens (primary N) is 1. The lowest BCUT2D eigenvalue weighted by Crippen LogP contribution is -2.28. The quantitative estimate of drug-likeness (QED) is 0.761. The van der Waals surface area contributed by atoms with Crippen LogP contribution < -0.4 is 11.1 Å². The Morgan fingerprint density at radius 2 is 2.17 bits per heavy atom. The Balaban J connectivity index is 1.73. The van der Waals surface area contributed by atoms with Gasteiger partial charge in [0.25, 0.3) is 0 Å². The molecule has 7 heteroatoms. The molecule has 24 heavy (non-hydrogen) atoms. The lowest BCUT2D eigenvalue weighted by atomic mass is 9.86.